The standard InChI is InChI=1S/C22H30N4S/c1-5-6-15-26(4)21-13-7-18(8-14-21)16-23-25-22(27)24-20-11-9-19(10-12-20)17(2)3/h7-14,16-17H,5-6,15H2,1-4H3,(H2,24,25,27). The van der Waals surface area contributed by atoms with E-state index in [9.17, 15) is 0 Å². The number of unbranched alkanes of at least 4 members (excludes halogenated alkanes) is 1. The zero-order chi connectivity index (χ0) is 19.6. The average Bonchev–Trinajstić information content (AvgIpc) is 2.67. The maximum Gasteiger partial charge on any atom is 0.191 e. The Hall–Kier alpha value is -2.40. The summed E-state index contributed by atoms with van der Waals surface area (Å²) in [6, 6.07) is 16.6. The minimum absolute atomic E-state index is 0.472. The van der Waals surface area contributed by atoms with Crippen molar-refractivity contribution in [3.05, 3.63) is 59.7 Å². The third-order valence-electron chi connectivity index (χ3n) is 4.40. The lowest BCUT2D eigenvalue weighted by molar-refractivity contribution is 0.767. The van der Waals surface area contributed by atoms with E-state index in [-0.39, 0.29) is 0 Å². The van der Waals surface area contributed by atoms with Gasteiger partial charge in [0.2, 0.25) is 0 Å². The van der Waals surface area contributed by atoms with Gasteiger partial charge in [0.1, 0.15) is 0 Å². The number of rotatable bonds is 8. The van der Waals surface area contributed by atoms with Gasteiger partial charge in [-0.1, -0.05) is 51.5 Å². The summed E-state index contributed by atoms with van der Waals surface area (Å²) in [5.41, 5.74) is 7.36. The Morgan fingerprint density at radius 2 is 1.78 bits per heavy atom. The number of benzene rings is 2. The lowest BCUT2D eigenvalue weighted by atomic mass is 10.0. The van der Waals surface area contributed by atoms with E-state index in [2.05, 4.69) is 85.0 Å². The zero-order valence-electron chi connectivity index (χ0n) is 16.7. The number of nitrogens with zero attached hydrogens (tertiary/aromatic N) is 2. The van der Waals surface area contributed by atoms with Crippen molar-refractivity contribution >= 4 is 34.9 Å². The molecular formula is C22H30N4S. The van der Waals surface area contributed by atoms with Gasteiger partial charge in [-0.15, -0.1) is 0 Å². The van der Waals surface area contributed by atoms with Crippen molar-refractivity contribution < 1.29 is 0 Å². The molecule has 0 aromatic heterocycles. The minimum atomic E-state index is 0.472. The van der Waals surface area contributed by atoms with E-state index in [4.69, 9.17) is 12.2 Å². The Kier molecular flexibility index (Phi) is 8.27. The fourth-order valence-corrected chi connectivity index (χ4v) is 2.79. The lowest BCUT2D eigenvalue weighted by Gasteiger charge is -2.18. The van der Waals surface area contributed by atoms with Crippen LogP contribution in [0.5, 0.6) is 0 Å². The summed E-state index contributed by atoms with van der Waals surface area (Å²) in [5, 5.41) is 7.82. The first kappa shape index (κ1) is 20.9. The van der Waals surface area contributed by atoms with E-state index < -0.39 is 0 Å². The highest BCUT2D eigenvalue weighted by molar-refractivity contribution is 7.80. The first-order chi connectivity index (χ1) is 13.0. The minimum Gasteiger partial charge on any atom is -0.375 e. The second-order valence-electron chi connectivity index (χ2n) is 6.97. The molecule has 0 atom stereocenters. The van der Waals surface area contributed by atoms with Crippen LogP contribution in [0, 0.1) is 0 Å². The van der Waals surface area contributed by atoms with Crippen LogP contribution in [0.15, 0.2) is 53.6 Å². The number of anilines is 2. The van der Waals surface area contributed by atoms with Gasteiger partial charge in [-0.05, 0) is 59.9 Å². The van der Waals surface area contributed by atoms with Gasteiger partial charge in [0, 0.05) is 25.0 Å². The highest BCUT2D eigenvalue weighted by Crippen LogP contribution is 2.17. The fourth-order valence-electron chi connectivity index (χ4n) is 2.62. The Labute approximate surface area is 168 Å². The van der Waals surface area contributed by atoms with Crippen LogP contribution in [0.3, 0.4) is 0 Å². The molecule has 0 bridgehead atoms. The molecule has 0 unspecified atom stereocenters. The smallest absolute Gasteiger partial charge is 0.191 e. The highest BCUT2D eigenvalue weighted by atomic mass is 32.1. The molecular weight excluding hydrogens is 352 g/mol. The number of thiocarbonyl (C=S) groups is 1. The van der Waals surface area contributed by atoms with Gasteiger partial charge in [0.25, 0.3) is 0 Å². The van der Waals surface area contributed by atoms with Gasteiger partial charge >= 0.3 is 0 Å². The predicted octanol–water partition coefficient (Wildman–Crippen LogP) is 5.37. The Morgan fingerprint density at radius 1 is 1.11 bits per heavy atom. The fraction of sp³-hybridized carbons (Fsp3) is 0.364. The summed E-state index contributed by atoms with van der Waals surface area (Å²) in [5.74, 6) is 0.520. The Balaban J connectivity index is 1.82. The highest BCUT2D eigenvalue weighted by Gasteiger charge is 2.01. The number of hydrogen-bond donors (Lipinski definition) is 2. The summed E-state index contributed by atoms with van der Waals surface area (Å²) < 4.78 is 0. The second kappa shape index (κ2) is 10.7. The van der Waals surface area contributed by atoms with E-state index in [1.165, 1.54) is 24.1 Å². The quantitative estimate of drug-likeness (QED) is 0.366. The first-order valence-corrected chi connectivity index (χ1v) is 9.91. The molecule has 2 aromatic rings. The van der Waals surface area contributed by atoms with Crippen molar-refractivity contribution in [1.29, 1.82) is 0 Å². The van der Waals surface area contributed by atoms with Gasteiger partial charge in [-0.2, -0.15) is 5.10 Å². The van der Waals surface area contributed by atoms with Crippen LogP contribution in [0.2, 0.25) is 0 Å². The van der Waals surface area contributed by atoms with Crippen LogP contribution >= 0.6 is 12.2 Å². The van der Waals surface area contributed by atoms with Crippen LogP contribution in [0.1, 0.15) is 50.7 Å². The van der Waals surface area contributed by atoms with Gasteiger partial charge in [-0.25, -0.2) is 0 Å². The Bertz CT molecular complexity index is 736. The number of hydrazone groups is 1. The summed E-state index contributed by atoms with van der Waals surface area (Å²) >= 11 is 5.29. The topological polar surface area (TPSA) is 39.7 Å². The van der Waals surface area contributed by atoms with Crippen LogP contribution in [0.25, 0.3) is 0 Å². The molecule has 0 aliphatic carbocycles. The molecule has 0 spiro atoms. The molecule has 0 aliphatic heterocycles. The largest absolute Gasteiger partial charge is 0.375 e. The molecule has 0 fully saturated rings. The first-order valence-electron chi connectivity index (χ1n) is 9.50. The van der Waals surface area contributed by atoms with Crippen LogP contribution in [-0.4, -0.2) is 24.9 Å². The van der Waals surface area contributed by atoms with Crippen molar-refractivity contribution in [2.75, 3.05) is 23.8 Å². The molecule has 0 heterocycles. The SMILES string of the molecule is CCCCN(C)c1ccc(C=NNC(=S)Nc2ccc(C(C)C)cc2)cc1. The van der Waals surface area contributed by atoms with Crippen molar-refractivity contribution in [2.24, 2.45) is 5.10 Å². The molecule has 0 saturated heterocycles. The average molecular weight is 383 g/mol. The van der Waals surface area contributed by atoms with Crippen LogP contribution in [0.4, 0.5) is 11.4 Å². The number of nitrogens with one attached hydrogen (secondary N) is 2. The maximum atomic E-state index is 5.29. The van der Waals surface area contributed by atoms with E-state index in [0.717, 1.165) is 17.8 Å². The van der Waals surface area contributed by atoms with E-state index in [0.29, 0.717) is 11.0 Å². The zero-order valence-corrected chi connectivity index (χ0v) is 17.5. The predicted molar refractivity (Wildman–Crippen MR) is 122 cm³/mol. The van der Waals surface area contributed by atoms with Crippen molar-refractivity contribution in [3.63, 3.8) is 0 Å². The third kappa shape index (κ3) is 7.02. The molecule has 144 valence electrons. The summed E-state index contributed by atoms with van der Waals surface area (Å²) in [6.45, 7) is 7.64. The third-order valence-corrected chi connectivity index (χ3v) is 4.59. The maximum absolute atomic E-state index is 5.29. The molecule has 2 N–H and O–H groups in total. The van der Waals surface area contributed by atoms with E-state index in [1.807, 2.05) is 12.1 Å². The monoisotopic (exact) mass is 382 g/mol. The van der Waals surface area contributed by atoms with Gasteiger partial charge in [0.05, 0.1) is 6.21 Å². The molecule has 2 aromatic carbocycles. The molecule has 4 nitrogen and oxygen atoms in total. The van der Waals surface area contributed by atoms with Crippen LogP contribution < -0.4 is 15.6 Å². The molecule has 0 aliphatic rings. The number of hydrogen-bond acceptors (Lipinski definition) is 3. The molecule has 5 heteroatoms. The van der Waals surface area contributed by atoms with Crippen LogP contribution in [-0.2, 0) is 0 Å². The molecule has 0 saturated carbocycles. The lowest BCUT2D eigenvalue weighted by Crippen LogP contribution is -2.23. The van der Waals surface area contributed by atoms with Gasteiger partial charge < -0.3 is 10.2 Å². The molecule has 27 heavy (non-hydrogen) atoms. The van der Waals surface area contributed by atoms with Crippen molar-refractivity contribution in [1.82, 2.24) is 5.43 Å². The molecule has 2 rings (SSSR count). The van der Waals surface area contributed by atoms with E-state index in [1.54, 1.807) is 6.21 Å². The Morgan fingerprint density at radius 3 is 2.37 bits per heavy atom. The van der Waals surface area contributed by atoms with E-state index >= 15 is 0 Å². The summed E-state index contributed by atoms with van der Waals surface area (Å²) in [7, 11) is 2.12. The molecule has 0 amide bonds. The summed E-state index contributed by atoms with van der Waals surface area (Å²) in [6.07, 6.45) is 4.18. The molecule has 0 radical (unpaired) electrons. The van der Waals surface area contributed by atoms with Gasteiger partial charge in [-0.3, -0.25) is 5.43 Å². The van der Waals surface area contributed by atoms with Gasteiger partial charge in [0.15, 0.2) is 5.11 Å². The second-order valence-corrected chi connectivity index (χ2v) is 7.38. The normalized spacial score (nSPS) is 11.0. The van der Waals surface area contributed by atoms with Crippen molar-refractivity contribution in [2.45, 2.75) is 39.5 Å². The summed E-state index contributed by atoms with van der Waals surface area (Å²) in [4.78, 5) is 2.27. The van der Waals surface area contributed by atoms with Crippen molar-refractivity contribution in [3.8, 4) is 0 Å².